The monoisotopic (exact) mass is 312 g/mol. The van der Waals surface area contributed by atoms with Gasteiger partial charge in [-0.25, -0.2) is 5.10 Å². The lowest BCUT2D eigenvalue weighted by Gasteiger charge is -2.31. The average Bonchev–Trinajstić information content (AvgIpc) is 2.56. The second-order valence-corrected chi connectivity index (χ2v) is 6.05. The van der Waals surface area contributed by atoms with Gasteiger partial charge >= 0.3 is 0 Å². The Morgan fingerprint density at radius 1 is 1.30 bits per heavy atom. The van der Waals surface area contributed by atoms with E-state index in [2.05, 4.69) is 27.3 Å². The van der Waals surface area contributed by atoms with E-state index in [1.165, 1.54) is 17.7 Å². The average molecular weight is 312 g/mol. The van der Waals surface area contributed by atoms with Crippen molar-refractivity contribution in [1.82, 2.24) is 20.1 Å². The maximum atomic E-state index is 12.4. The van der Waals surface area contributed by atoms with E-state index in [4.69, 9.17) is 0 Å². The maximum absolute atomic E-state index is 12.4. The lowest BCUT2D eigenvalue weighted by atomic mass is 9.90. The predicted octanol–water partition coefficient (Wildman–Crippen LogP) is 1.57. The van der Waals surface area contributed by atoms with Crippen molar-refractivity contribution in [1.29, 1.82) is 0 Å². The first-order valence-corrected chi connectivity index (χ1v) is 7.88. The van der Waals surface area contributed by atoms with Gasteiger partial charge in [0, 0.05) is 31.0 Å². The third-order valence-electron chi connectivity index (χ3n) is 4.29. The van der Waals surface area contributed by atoms with Gasteiger partial charge in [-0.3, -0.25) is 14.6 Å². The molecular weight excluding hydrogens is 292 g/mol. The van der Waals surface area contributed by atoms with Crippen LogP contribution in [0.15, 0.2) is 35.3 Å². The molecule has 1 amide bonds. The highest BCUT2D eigenvalue weighted by atomic mass is 16.2. The molecule has 2 aromatic heterocycles. The summed E-state index contributed by atoms with van der Waals surface area (Å²) in [5.74, 6) is 0.476. The molecule has 0 atom stereocenters. The third kappa shape index (κ3) is 3.83. The summed E-state index contributed by atoms with van der Waals surface area (Å²) in [6.07, 6.45) is 4.85. The Labute approximate surface area is 134 Å². The smallest absolute Gasteiger partial charge is 0.274 e. The number of rotatable bonds is 3. The van der Waals surface area contributed by atoms with Crippen LogP contribution in [0.3, 0.4) is 0 Å². The molecule has 0 bridgehead atoms. The van der Waals surface area contributed by atoms with E-state index in [9.17, 15) is 9.59 Å². The Hall–Kier alpha value is -2.50. The van der Waals surface area contributed by atoms with E-state index in [0.29, 0.717) is 11.6 Å². The Bertz CT molecular complexity index is 728. The largest absolute Gasteiger partial charge is 0.337 e. The minimum Gasteiger partial charge on any atom is -0.337 e. The Morgan fingerprint density at radius 3 is 2.74 bits per heavy atom. The molecule has 1 N–H and O–H groups in total. The van der Waals surface area contributed by atoms with Gasteiger partial charge in [-0.15, -0.1) is 0 Å². The zero-order chi connectivity index (χ0) is 16.2. The molecule has 6 nitrogen and oxygen atoms in total. The summed E-state index contributed by atoms with van der Waals surface area (Å²) in [4.78, 5) is 29.4. The van der Waals surface area contributed by atoms with Crippen LogP contribution >= 0.6 is 0 Å². The van der Waals surface area contributed by atoms with Crippen LogP contribution in [0.2, 0.25) is 0 Å². The second-order valence-electron chi connectivity index (χ2n) is 6.05. The summed E-state index contributed by atoms with van der Waals surface area (Å²) in [5, 5.41) is 6.12. The number of pyridine rings is 1. The molecule has 0 unspecified atom stereocenters. The number of H-pyrrole nitrogens is 1. The van der Waals surface area contributed by atoms with E-state index in [1.54, 1.807) is 0 Å². The highest BCUT2D eigenvalue weighted by molar-refractivity contribution is 5.92. The molecule has 0 saturated carbocycles. The molecule has 0 radical (unpaired) electrons. The number of nitrogens with zero attached hydrogens (tertiary/aromatic N) is 3. The number of hydrogen-bond donors (Lipinski definition) is 1. The van der Waals surface area contributed by atoms with Crippen LogP contribution in [-0.4, -0.2) is 39.1 Å². The Balaban J connectivity index is 1.56. The van der Waals surface area contributed by atoms with E-state index in [0.717, 1.165) is 38.0 Å². The highest BCUT2D eigenvalue weighted by Crippen LogP contribution is 2.22. The number of aromatic nitrogens is 3. The van der Waals surface area contributed by atoms with Crippen molar-refractivity contribution in [3.63, 3.8) is 0 Å². The Kier molecular flexibility index (Phi) is 4.50. The van der Waals surface area contributed by atoms with Gasteiger partial charge < -0.3 is 4.90 Å². The van der Waals surface area contributed by atoms with Crippen LogP contribution in [0, 0.1) is 12.8 Å². The zero-order valence-corrected chi connectivity index (χ0v) is 13.2. The van der Waals surface area contributed by atoms with Crippen LogP contribution in [-0.2, 0) is 6.42 Å². The van der Waals surface area contributed by atoms with Crippen molar-refractivity contribution >= 4 is 5.91 Å². The van der Waals surface area contributed by atoms with E-state index in [1.807, 2.05) is 18.0 Å². The lowest BCUT2D eigenvalue weighted by molar-refractivity contribution is 0.0683. The van der Waals surface area contributed by atoms with Gasteiger partial charge in [0.25, 0.3) is 11.5 Å². The second kappa shape index (κ2) is 6.73. The van der Waals surface area contributed by atoms with Gasteiger partial charge in [0.05, 0.1) is 0 Å². The van der Waals surface area contributed by atoms with Crippen molar-refractivity contribution in [2.45, 2.75) is 26.2 Å². The molecule has 6 heteroatoms. The number of aromatic amines is 1. The summed E-state index contributed by atoms with van der Waals surface area (Å²) in [7, 11) is 0. The molecule has 0 aromatic carbocycles. The topological polar surface area (TPSA) is 79.0 Å². The molecule has 3 rings (SSSR count). The molecule has 120 valence electrons. The first kappa shape index (κ1) is 15.4. The zero-order valence-electron chi connectivity index (χ0n) is 13.2. The van der Waals surface area contributed by atoms with Crippen molar-refractivity contribution in [3.8, 4) is 0 Å². The predicted molar refractivity (Wildman–Crippen MR) is 86.2 cm³/mol. The van der Waals surface area contributed by atoms with Gasteiger partial charge in [0.15, 0.2) is 0 Å². The molecule has 3 heterocycles. The van der Waals surface area contributed by atoms with Crippen LogP contribution in [0.1, 0.15) is 34.6 Å². The number of carbonyl (C=O) groups excluding carboxylic acids is 1. The van der Waals surface area contributed by atoms with E-state index in [-0.39, 0.29) is 11.5 Å². The molecule has 2 aromatic rings. The molecule has 0 spiro atoms. The molecule has 1 aliphatic rings. The van der Waals surface area contributed by atoms with Crippen LogP contribution in [0.4, 0.5) is 0 Å². The molecule has 1 saturated heterocycles. The first-order valence-electron chi connectivity index (χ1n) is 7.88. The Morgan fingerprint density at radius 2 is 2.09 bits per heavy atom. The highest BCUT2D eigenvalue weighted by Gasteiger charge is 2.24. The van der Waals surface area contributed by atoms with E-state index >= 15 is 0 Å². The molecule has 1 fully saturated rings. The van der Waals surface area contributed by atoms with Gasteiger partial charge in [-0.05, 0) is 55.9 Å². The minimum absolute atomic E-state index is 0.112. The van der Waals surface area contributed by atoms with Gasteiger partial charge in [-0.1, -0.05) is 0 Å². The number of nitrogens with one attached hydrogen (secondary N) is 1. The first-order chi connectivity index (χ1) is 11.1. The van der Waals surface area contributed by atoms with Crippen LogP contribution in [0.5, 0.6) is 0 Å². The van der Waals surface area contributed by atoms with Crippen LogP contribution < -0.4 is 5.56 Å². The SMILES string of the molecule is Cc1cc(CC2CCN(C(=O)c3ccc(=O)[nH]n3)CC2)ccn1. The number of hydrogen-bond acceptors (Lipinski definition) is 4. The quantitative estimate of drug-likeness (QED) is 0.933. The standard InChI is InChI=1S/C17H20N4O2/c1-12-10-14(4-7-18-12)11-13-5-8-21(9-6-13)17(23)15-2-3-16(22)20-19-15/h2-4,7,10,13H,5-6,8-9,11H2,1H3,(H,20,22). The molecule has 1 aliphatic heterocycles. The number of amides is 1. The fourth-order valence-corrected chi connectivity index (χ4v) is 3.03. The van der Waals surface area contributed by atoms with Gasteiger partial charge in [0.1, 0.15) is 5.69 Å². The van der Waals surface area contributed by atoms with Gasteiger partial charge in [0.2, 0.25) is 0 Å². The molecule has 0 aliphatic carbocycles. The number of carbonyl (C=O) groups is 1. The number of aryl methyl sites for hydroxylation is 1. The molecule has 23 heavy (non-hydrogen) atoms. The van der Waals surface area contributed by atoms with E-state index < -0.39 is 0 Å². The van der Waals surface area contributed by atoms with Crippen molar-refractivity contribution in [2.24, 2.45) is 5.92 Å². The fraction of sp³-hybridized carbons (Fsp3) is 0.412. The van der Waals surface area contributed by atoms with Crippen molar-refractivity contribution in [2.75, 3.05) is 13.1 Å². The van der Waals surface area contributed by atoms with Gasteiger partial charge in [-0.2, -0.15) is 5.10 Å². The van der Waals surface area contributed by atoms with Crippen LogP contribution in [0.25, 0.3) is 0 Å². The number of likely N-dealkylation sites (tertiary alicyclic amines) is 1. The third-order valence-corrected chi connectivity index (χ3v) is 4.29. The number of piperidine rings is 1. The lowest BCUT2D eigenvalue weighted by Crippen LogP contribution is -2.39. The summed E-state index contributed by atoms with van der Waals surface area (Å²) in [6.45, 7) is 3.46. The van der Waals surface area contributed by atoms with Crippen molar-refractivity contribution in [3.05, 3.63) is 57.8 Å². The van der Waals surface area contributed by atoms with Crippen molar-refractivity contribution < 1.29 is 4.79 Å². The fourth-order valence-electron chi connectivity index (χ4n) is 3.03. The summed E-state index contributed by atoms with van der Waals surface area (Å²) >= 11 is 0. The maximum Gasteiger partial charge on any atom is 0.274 e. The molecular formula is C17H20N4O2. The summed E-state index contributed by atoms with van der Waals surface area (Å²) in [5.41, 5.74) is 2.35. The summed E-state index contributed by atoms with van der Waals surface area (Å²) < 4.78 is 0. The normalized spacial score (nSPS) is 15.6. The summed E-state index contributed by atoms with van der Waals surface area (Å²) in [6, 6.07) is 7.00. The minimum atomic E-state index is -0.298.